The number of halogens is 2. The number of benzene rings is 1. The fourth-order valence-electron chi connectivity index (χ4n) is 1.05. The van der Waals surface area contributed by atoms with E-state index < -0.39 is 12.1 Å². The van der Waals surface area contributed by atoms with Gasteiger partial charge in [0.2, 0.25) is 0 Å². The first-order valence-corrected chi connectivity index (χ1v) is 4.98. The van der Waals surface area contributed by atoms with E-state index >= 15 is 0 Å². The van der Waals surface area contributed by atoms with Gasteiger partial charge >= 0.3 is 0 Å². The van der Waals surface area contributed by atoms with Crippen LogP contribution in [0.5, 0.6) is 0 Å². The topological polar surface area (TPSA) is 46.2 Å². The van der Waals surface area contributed by atoms with Crippen molar-refractivity contribution in [2.45, 2.75) is 19.1 Å². The van der Waals surface area contributed by atoms with Crippen molar-refractivity contribution >= 4 is 22.6 Å². The Kier molecular flexibility index (Phi) is 3.63. The van der Waals surface area contributed by atoms with Gasteiger partial charge < -0.3 is 10.8 Å². The van der Waals surface area contributed by atoms with E-state index in [-0.39, 0.29) is 5.82 Å². The number of hydrogen-bond donors (Lipinski definition) is 2. The highest BCUT2D eigenvalue weighted by atomic mass is 127. The van der Waals surface area contributed by atoms with Crippen LogP contribution in [0.3, 0.4) is 0 Å². The summed E-state index contributed by atoms with van der Waals surface area (Å²) in [6.45, 7) is 1.59. The first kappa shape index (κ1) is 10.9. The molecule has 1 aromatic carbocycles. The lowest BCUT2D eigenvalue weighted by molar-refractivity contribution is 0.164. The maximum Gasteiger partial charge on any atom is 0.124 e. The van der Waals surface area contributed by atoms with Gasteiger partial charge in [0.05, 0.1) is 12.1 Å². The summed E-state index contributed by atoms with van der Waals surface area (Å²) in [7, 11) is 0. The molecule has 1 rings (SSSR count). The predicted octanol–water partition coefficient (Wildman–Crippen LogP) is 1.81. The smallest absolute Gasteiger partial charge is 0.124 e. The van der Waals surface area contributed by atoms with Crippen molar-refractivity contribution in [2.75, 3.05) is 0 Å². The molecule has 0 aromatic heterocycles. The van der Waals surface area contributed by atoms with Crippen LogP contribution in [-0.4, -0.2) is 11.2 Å². The predicted molar refractivity (Wildman–Crippen MR) is 57.7 cm³/mol. The Bertz CT molecular complexity index is 283. The minimum atomic E-state index is -0.669. The summed E-state index contributed by atoms with van der Waals surface area (Å²) in [6.07, 6.45) is -0.669. The second kappa shape index (κ2) is 4.34. The fraction of sp³-hybridized carbons (Fsp3) is 0.333. The Balaban J connectivity index is 3.01. The Labute approximate surface area is 90.1 Å². The van der Waals surface area contributed by atoms with Gasteiger partial charge in [-0.3, -0.25) is 0 Å². The van der Waals surface area contributed by atoms with E-state index in [0.717, 1.165) is 3.57 Å². The largest absolute Gasteiger partial charge is 0.391 e. The highest BCUT2D eigenvalue weighted by Crippen LogP contribution is 2.18. The second-order valence-electron chi connectivity index (χ2n) is 2.97. The van der Waals surface area contributed by atoms with Gasteiger partial charge in [0.25, 0.3) is 0 Å². The number of aliphatic hydroxyl groups is 1. The first-order chi connectivity index (χ1) is 6.00. The van der Waals surface area contributed by atoms with Crippen LogP contribution in [0.2, 0.25) is 0 Å². The maximum absolute atomic E-state index is 12.9. The zero-order valence-electron chi connectivity index (χ0n) is 7.17. The molecule has 2 nitrogen and oxygen atoms in total. The van der Waals surface area contributed by atoms with Crippen molar-refractivity contribution in [3.8, 4) is 0 Å². The molecule has 0 fully saturated rings. The quantitative estimate of drug-likeness (QED) is 0.817. The van der Waals surface area contributed by atoms with E-state index in [1.54, 1.807) is 13.0 Å². The normalized spacial score (nSPS) is 15.5. The van der Waals surface area contributed by atoms with Crippen molar-refractivity contribution in [1.82, 2.24) is 0 Å². The van der Waals surface area contributed by atoms with Crippen molar-refractivity contribution in [3.05, 3.63) is 33.1 Å². The SMILES string of the molecule is C[C@H](O)[C@H](N)c1cc(F)cc(I)c1. The summed E-state index contributed by atoms with van der Waals surface area (Å²) in [5.41, 5.74) is 6.28. The van der Waals surface area contributed by atoms with Gasteiger partial charge in [0, 0.05) is 3.57 Å². The summed E-state index contributed by atoms with van der Waals surface area (Å²) in [5.74, 6) is -0.321. The van der Waals surface area contributed by atoms with Gasteiger partial charge in [0.1, 0.15) is 5.82 Å². The van der Waals surface area contributed by atoms with Crippen LogP contribution < -0.4 is 5.73 Å². The lowest BCUT2D eigenvalue weighted by Gasteiger charge is -2.15. The molecule has 0 aliphatic heterocycles. The Morgan fingerprint density at radius 1 is 1.46 bits per heavy atom. The molecule has 4 heteroatoms. The van der Waals surface area contributed by atoms with Crippen LogP contribution in [0.15, 0.2) is 18.2 Å². The highest BCUT2D eigenvalue weighted by molar-refractivity contribution is 14.1. The minimum absolute atomic E-state index is 0.321. The molecule has 13 heavy (non-hydrogen) atoms. The van der Waals surface area contributed by atoms with Gasteiger partial charge in [-0.25, -0.2) is 4.39 Å². The molecule has 2 atom stereocenters. The summed E-state index contributed by atoms with van der Waals surface area (Å²) in [4.78, 5) is 0. The monoisotopic (exact) mass is 295 g/mol. The number of nitrogens with two attached hydrogens (primary N) is 1. The molecule has 0 saturated heterocycles. The van der Waals surface area contributed by atoms with E-state index in [2.05, 4.69) is 0 Å². The van der Waals surface area contributed by atoms with Crippen LogP contribution in [0.4, 0.5) is 4.39 Å². The average molecular weight is 295 g/mol. The molecule has 0 radical (unpaired) electrons. The summed E-state index contributed by atoms with van der Waals surface area (Å²) < 4.78 is 13.7. The van der Waals surface area contributed by atoms with Gasteiger partial charge in [-0.2, -0.15) is 0 Å². The van der Waals surface area contributed by atoms with Gasteiger partial charge in [-0.05, 0) is 53.3 Å². The van der Waals surface area contributed by atoms with E-state index in [4.69, 9.17) is 5.73 Å². The Hall–Kier alpha value is -0.200. The molecule has 0 bridgehead atoms. The highest BCUT2D eigenvalue weighted by Gasteiger charge is 2.13. The molecule has 0 spiro atoms. The molecular weight excluding hydrogens is 284 g/mol. The van der Waals surface area contributed by atoms with Crippen LogP contribution >= 0.6 is 22.6 Å². The van der Waals surface area contributed by atoms with Gasteiger partial charge in [-0.15, -0.1) is 0 Å². The third-order valence-electron chi connectivity index (χ3n) is 1.79. The standard InChI is InChI=1S/C9H11FINO/c1-5(13)9(12)6-2-7(10)4-8(11)3-6/h2-5,9,13H,12H2,1H3/t5-,9-/m0/s1. The van der Waals surface area contributed by atoms with Crippen molar-refractivity contribution in [1.29, 1.82) is 0 Å². The van der Waals surface area contributed by atoms with E-state index in [9.17, 15) is 9.50 Å². The Morgan fingerprint density at radius 3 is 2.54 bits per heavy atom. The third-order valence-corrected chi connectivity index (χ3v) is 2.41. The van der Waals surface area contributed by atoms with E-state index in [1.807, 2.05) is 22.6 Å². The zero-order chi connectivity index (χ0) is 10.0. The molecule has 72 valence electrons. The zero-order valence-corrected chi connectivity index (χ0v) is 9.32. The molecule has 0 aliphatic carbocycles. The number of aliphatic hydroxyl groups excluding tert-OH is 1. The molecule has 1 aromatic rings. The molecule has 0 saturated carbocycles. The van der Waals surface area contributed by atoms with E-state index in [1.165, 1.54) is 12.1 Å². The third kappa shape index (κ3) is 2.89. The summed E-state index contributed by atoms with van der Waals surface area (Å²) >= 11 is 2.01. The second-order valence-corrected chi connectivity index (χ2v) is 4.21. The average Bonchev–Trinajstić information content (AvgIpc) is 2.01. The summed E-state index contributed by atoms with van der Waals surface area (Å²) in [5, 5.41) is 9.21. The molecule has 0 heterocycles. The molecule has 0 unspecified atom stereocenters. The van der Waals surface area contributed by atoms with Crippen molar-refractivity contribution < 1.29 is 9.50 Å². The molecule has 3 N–H and O–H groups in total. The van der Waals surface area contributed by atoms with Crippen molar-refractivity contribution in [3.63, 3.8) is 0 Å². The fourth-order valence-corrected chi connectivity index (χ4v) is 1.70. The lowest BCUT2D eigenvalue weighted by Crippen LogP contribution is -2.23. The molecule has 0 aliphatic rings. The molecule has 0 amide bonds. The van der Waals surface area contributed by atoms with E-state index in [0.29, 0.717) is 5.56 Å². The van der Waals surface area contributed by atoms with Crippen molar-refractivity contribution in [2.24, 2.45) is 5.73 Å². The van der Waals surface area contributed by atoms with Crippen LogP contribution in [0.1, 0.15) is 18.5 Å². The van der Waals surface area contributed by atoms with Crippen LogP contribution in [0.25, 0.3) is 0 Å². The number of rotatable bonds is 2. The van der Waals surface area contributed by atoms with Gasteiger partial charge in [0.15, 0.2) is 0 Å². The van der Waals surface area contributed by atoms with Gasteiger partial charge in [-0.1, -0.05) is 0 Å². The Morgan fingerprint density at radius 2 is 2.08 bits per heavy atom. The maximum atomic E-state index is 12.9. The molecular formula is C9H11FINO. The van der Waals surface area contributed by atoms with Crippen LogP contribution in [0, 0.1) is 9.39 Å². The first-order valence-electron chi connectivity index (χ1n) is 3.90. The minimum Gasteiger partial charge on any atom is -0.391 e. The van der Waals surface area contributed by atoms with Crippen LogP contribution in [-0.2, 0) is 0 Å². The summed E-state index contributed by atoms with van der Waals surface area (Å²) in [6, 6.07) is 4.00. The lowest BCUT2D eigenvalue weighted by atomic mass is 10.0. The number of hydrogen-bond acceptors (Lipinski definition) is 2.